The molecule has 0 amide bonds. The Morgan fingerprint density at radius 2 is 1.41 bits per heavy atom. The van der Waals surface area contributed by atoms with Gasteiger partial charge in [-0.05, 0) is 54.9 Å². The molecule has 0 aromatic heterocycles. The van der Waals surface area contributed by atoms with E-state index < -0.39 is 0 Å². The lowest BCUT2D eigenvalue weighted by molar-refractivity contribution is 0.0498. The second kappa shape index (κ2) is 17.1. The third kappa shape index (κ3) is 8.69. The highest BCUT2D eigenvalue weighted by atomic mass is 16.5. The molecule has 0 heterocycles. The molecule has 0 N–H and O–H groups in total. The smallest absolute Gasteiger partial charge is 0.338 e. The molecule has 39 heavy (non-hydrogen) atoms. The van der Waals surface area contributed by atoms with E-state index in [2.05, 4.69) is 23.9 Å². The minimum atomic E-state index is -0.350. The Morgan fingerprint density at radius 3 is 2.05 bits per heavy atom. The zero-order valence-electron chi connectivity index (χ0n) is 23.5. The Balaban J connectivity index is 1.36. The van der Waals surface area contributed by atoms with Crippen LogP contribution in [0.1, 0.15) is 118 Å². The SMILES string of the molecule is [C-]#[N+]C(C#N)=C1c2ccccc2-c2c(C(=O)OCCCCCCCCC=CCCCCCCCC)cccc21. The van der Waals surface area contributed by atoms with Gasteiger partial charge < -0.3 is 4.74 Å². The van der Waals surface area contributed by atoms with Gasteiger partial charge in [-0.2, -0.15) is 0 Å². The normalized spacial score (nSPS) is 13.0. The first-order chi connectivity index (χ1) is 19.2. The van der Waals surface area contributed by atoms with E-state index in [0.29, 0.717) is 17.7 Å². The van der Waals surface area contributed by atoms with E-state index >= 15 is 0 Å². The number of hydrogen-bond donors (Lipinski definition) is 0. The molecular weight excluding hydrogens is 480 g/mol. The van der Waals surface area contributed by atoms with Crippen molar-refractivity contribution in [2.45, 2.75) is 96.8 Å². The van der Waals surface area contributed by atoms with Gasteiger partial charge in [0.2, 0.25) is 0 Å². The van der Waals surface area contributed by atoms with Gasteiger partial charge in [-0.3, -0.25) is 0 Å². The Morgan fingerprint density at radius 1 is 0.821 bits per heavy atom. The van der Waals surface area contributed by atoms with Crippen LogP contribution in [0.3, 0.4) is 0 Å². The second-order valence-electron chi connectivity index (χ2n) is 10.3. The summed E-state index contributed by atoms with van der Waals surface area (Å²) < 4.78 is 5.65. The van der Waals surface area contributed by atoms with Gasteiger partial charge >= 0.3 is 5.97 Å². The maximum Gasteiger partial charge on any atom is 0.338 e. The first-order valence-corrected chi connectivity index (χ1v) is 14.8. The predicted octanol–water partition coefficient (Wildman–Crippen LogP) is 10.1. The van der Waals surface area contributed by atoms with Gasteiger partial charge in [-0.15, -0.1) is 0 Å². The highest BCUT2D eigenvalue weighted by molar-refractivity contribution is 6.10. The van der Waals surface area contributed by atoms with Gasteiger partial charge in [-0.25, -0.2) is 14.9 Å². The topological polar surface area (TPSA) is 54.5 Å². The fourth-order valence-electron chi connectivity index (χ4n) is 5.27. The lowest BCUT2D eigenvalue weighted by Gasteiger charge is -2.10. The number of nitriles is 1. The fraction of sp³-hybridized carbons (Fsp3) is 0.457. The number of fused-ring (bicyclic) bond motifs is 3. The van der Waals surface area contributed by atoms with Crippen LogP contribution in [0.15, 0.2) is 60.3 Å². The molecule has 204 valence electrons. The van der Waals surface area contributed by atoms with Crippen LogP contribution in [-0.2, 0) is 4.74 Å². The van der Waals surface area contributed by atoms with Crippen molar-refractivity contribution in [3.63, 3.8) is 0 Å². The van der Waals surface area contributed by atoms with Gasteiger partial charge in [0.1, 0.15) is 0 Å². The summed E-state index contributed by atoms with van der Waals surface area (Å²) in [6, 6.07) is 15.1. The van der Waals surface area contributed by atoms with Crippen molar-refractivity contribution in [3.8, 4) is 17.2 Å². The van der Waals surface area contributed by atoms with E-state index in [0.717, 1.165) is 41.5 Å². The molecule has 1 aliphatic carbocycles. The Hall–Kier alpha value is -3.63. The van der Waals surface area contributed by atoms with Crippen molar-refractivity contribution in [1.29, 1.82) is 5.26 Å². The number of allylic oxidation sites excluding steroid dienone is 3. The Kier molecular flexibility index (Phi) is 13.1. The number of esters is 1. The lowest BCUT2D eigenvalue weighted by atomic mass is 9.99. The quantitative estimate of drug-likeness (QED) is 0.0582. The lowest BCUT2D eigenvalue weighted by Crippen LogP contribution is -2.08. The average molecular weight is 523 g/mol. The average Bonchev–Trinajstić information content (AvgIpc) is 3.30. The molecule has 0 fully saturated rings. The molecule has 0 saturated carbocycles. The molecule has 0 saturated heterocycles. The van der Waals surface area contributed by atoms with E-state index in [9.17, 15) is 10.1 Å². The molecule has 0 spiro atoms. The molecule has 3 rings (SSSR count). The Bertz CT molecular complexity index is 1210. The van der Waals surface area contributed by atoms with Crippen molar-refractivity contribution in [1.82, 2.24) is 0 Å². The van der Waals surface area contributed by atoms with Crippen LogP contribution in [0.4, 0.5) is 0 Å². The maximum absolute atomic E-state index is 13.0. The van der Waals surface area contributed by atoms with E-state index in [1.165, 1.54) is 70.6 Å². The summed E-state index contributed by atoms with van der Waals surface area (Å²) in [6.45, 7) is 10.1. The molecule has 2 aromatic rings. The van der Waals surface area contributed by atoms with Crippen LogP contribution >= 0.6 is 0 Å². The molecular formula is C35H42N2O2. The molecule has 0 bridgehead atoms. The van der Waals surface area contributed by atoms with Crippen LogP contribution in [0.5, 0.6) is 0 Å². The van der Waals surface area contributed by atoms with E-state index in [4.69, 9.17) is 11.3 Å². The number of hydrogen-bond acceptors (Lipinski definition) is 3. The standard InChI is InChI=1S/C35H42N2O2/c1-3-4-5-6-7-8-9-10-11-12-13-14-15-16-17-20-26-39-35(38)31-25-21-24-30-33(31)28-22-18-19-23-29(28)34(30)32(27-36)37-2/h10-11,18-19,21-25H,3-9,12-17,20,26H2,1H3. The minimum absolute atomic E-state index is 0.0379. The first-order valence-electron chi connectivity index (χ1n) is 14.8. The summed E-state index contributed by atoms with van der Waals surface area (Å²) in [7, 11) is 0. The van der Waals surface area contributed by atoms with Gasteiger partial charge in [-0.1, -0.05) is 113 Å². The summed E-state index contributed by atoms with van der Waals surface area (Å²) in [6.07, 6.45) is 22.1. The number of rotatable bonds is 17. The number of unbranched alkanes of at least 4 members (excludes halogenated alkanes) is 12. The van der Waals surface area contributed by atoms with Crippen molar-refractivity contribution in [2.24, 2.45) is 0 Å². The molecule has 1 aliphatic rings. The molecule has 0 radical (unpaired) electrons. The minimum Gasteiger partial charge on any atom is -0.462 e. The van der Waals surface area contributed by atoms with Crippen LogP contribution < -0.4 is 0 Å². The van der Waals surface area contributed by atoms with Crippen molar-refractivity contribution < 1.29 is 9.53 Å². The van der Waals surface area contributed by atoms with Crippen LogP contribution in [0, 0.1) is 17.9 Å². The maximum atomic E-state index is 13.0. The largest absolute Gasteiger partial charge is 0.462 e. The van der Waals surface area contributed by atoms with E-state index in [1.54, 1.807) is 12.1 Å². The van der Waals surface area contributed by atoms with Gasteiger partial charge in [0.15, 0.2) is 0 Å². The predicted molar refractivity (Wildman–Crippen MR) is 160 cm³/mol. The van der Waals surface area contributed by atoms with Gasteiger partial charge in [0.25, 0.3) is 5.70 Å². The zero-order chi connectivity index (χ0) is 27.7. The van der Waals surface area contributed by atoms with E-state index in [1.807, 2.05) is 36.4 Å². The number of carbonyl (C=O) groups excluding carboxylic acids is 1. The number of carbonyl (C=O) groups is 1. The highest BCUT2D eigenvalue weighted by Crippen LogP contribution is 2.47. The zero-order valence-corrected chi connectivity index (χ0v) is 23.5. The summed E-state index contributed by atoms with van der Waals surface area (Å²) in [5.41, 5.74) is 4.30. The summed E-state index contributed by atoms with van der Waals surface area (Å²) in [5, 5.41) is 9.52. The van der Waals surface area contributed by atoms with Crippen molar-refractivity contribution in [2.75, 3.05) is 6.61 Å². The molecule has 0 atom stereocenters. The van der Waals surface area contributed by atoms with Crippen LogP contribution in [0.25, 0.3) is 21.5 Å². The van der Waals surface area contributed by atoms with Gasteiger partial charge in [0, 0.05) is 11.1 Å². The molecule has 4 heteroatoms. The third-order valence-corrected chi connectivity index (χ3v) is 7.36. The summed E-state index contributed by atoms with van der Waals surface area (Å²) in [5.74, 6) is -0.350. The molecule has 0 unspecified atom stereocenters. The number of nitrogens with zero attached hydrogens (tertiary/aromatic N) is 2. The highest BCUT2D eigenvalue weighted by Gasteiger charge is 2.30. The molecule has 0 aliphatic heterocycles. The van der Waals surface area contributed by atoms with Crippen LogP contribution in [-0.4, -0.2) is 12.6 Å². The van der Waals surface area contributed by atoms with Crippen molar-refractivity contribution >= 4 is 11.5 Å². The van der Waals surface area contributed by atoms with Gasteiger partial charge in [0.05, 0.1) is 24.8 Å². The van der Waals surface area contributed by atoms with E-state index in [-0.39, 0.29) is 11.7 Å². The fourth-order valence-corrected chi connectivity index (χ4v) is 5.27. The summed E-state index contributed by atoms with van der Waals surface area (Å²) in [4.78, 5) is 16.5. The first kappa shape index (κ1) is 29.9. The summed E-state index contributed by atoms with van der Waals surface area (Å²) >= 11 is 0. The van der Waals surface area contributed by atoms with Crippen LogP contribution in [0.2, 0.25) is 0 Å². The molecule has 4 nitrogen and oxygen atoms in total. The number of ether oxygens (including phenoxy) is 1. The second-order valence-corrected chi connectivity index (χ2v) is 10.3. The third-order valence-electron chi connectivity index (χ3n) is 7.36. The number of benzene rings is 2. The molecule has 2 aromatic carbocycles. The monoisotopic (exact) mass is 522 g/mol. The Labute approximate surface area is 235 Å². The van der Waals surface area contributed by atoms with Crippen molar-refractivity contribution in [3.05, 3.63) is 88.4 Å².